The fourth-order valence-electron chi connectivity index (χ4n) is 3.33. The molecule has 0 aliphatic carbocycles. The number of hydrogen-bond donors (Lipinski definition) is 1. The van der Waals surface area contributed by atoms with E-state index in [0.717, 1.165) is 74.0 Å². The summed E-state index contributed by atoms with van der Waals surface area (Å²) in [5, 5.41) is 12.6. The number of halogens is 2. The molecule has 2 heterocycles. The lowest BCUT2D eigenvalue weighted by atomic mass is 10.2. The summed E-state index contributed by atoms with van der Waals surface area (Å²) in [5.41, 5.74) is 1.07. The highest BCUT2D eigenvalue weighted by Crippen LogP contribution is 2.16. The first kappa shape index (κ1) is 25.8. The van der Waals surface area contributed by atoms with Crippen LogP contribution in [-0.2, 0) is 24.9 Å². The lowest BCUT2D eigenvalue weighted by Crippen LogP contribution is -2.41. The van der Waals surface area contributed by atoms with E-state index in [9.17, 15) is 0 Å². The number of nitrogens with zero attached hydrogens (tertiary/aromatic N) is 6. The Kier molecular flexibility index (Phi) is 11.0. The smallest absolute Gasteiger partial charge is 0.194 e. The maximum atomic E-state index is 6.36. The van der Waals surface area contributed by atoms with E-state index in [4.69, 9.17) is 21.3 Å². The zero-order valence-electron chi connectivity index (χ0n) is 18.6. The summed E-state index contributed by atoms with van der Waals surface area (Å²) in [5.74, 6) is 2.55. The second-order valence-electron chi connectivity index (χ2n) is 7.54. The highest BCUT2D eigenvalue weighted by molar-refractivity contribution is 14.0. The summed E-state index contributed by atoms with van der Waals surface area (Å²) in [6.07, 6.45) is 1.04. The average Bonchev–Trinajstić information content (AvgIpc) is 3.07. The normalized spacial score (nSPS) is 14.9. The molecule has 0 bridgehead atoms. The van der Waals surface area contributed by atoms with Crippen LogP contribution in [0.5, 0.6) is 0 Å². The molecular weight excluding hydrogens is 529 g/mol. The number of aliphatic imine (C=N–C) groups is 1. The maximum Gasteiger partial charge on any atom is 0.194 e. The number of morpholine rings is 1. The zero-order valence-corrected chi connectivity index (χ0v) is 21.6. The summed E-state index contributed by atoms with van der Waals surface area (Å²) in [6.45, 7) is 8.67. The molecule has 0 saturated carbocycles. The van der Waals surface area contributed by atoms with Crippen molar-refractivity contribution >= 4 is 41.5 Å². The van der Waals surface area contributed by atoms with E-state index in [1.165, 1.54) is 0 Å². The van der Waals surface area contributed by atoms with Gasteiger partial charge in [-0.1, -0.05) is 29.8 Å². The maximum absolute atomic E-state index is 6.36. The molecule has 1 N–H and O–H groups in total. The van der Waals surface area contributed by atoms with Gasteiger partial charge in [-0.15, -0.1) is 34.2 Å². The van der Waals surface area contributed by atoms with Crippen molar-refractivity contribution in [3.8, 4) is 0 Å². The van der Waals surface area contributed by atoms with Crippen LogP contribution < -0.4 is 5.32 Å². The van der Waals surface area contributed by atoms with Crippen LogP contribution in [0, 0.1) is 6.92 Å². The minimum atomic E-state index is 0. The van der Waals surface area contributed by atoms with Gasteiger partial charge in [-0.25, -0.2) is 4.99 Å². The summed E-state index contributed by atoms with van der Waals surface area (Å²) in [6, 6.07) is 7.91. The fraction of sp³-hybridized carbons (Fsp3) is 0.571. The molecule has 8 nitrogen and oxygen atoms in total. The topological polar surface area (TPSA) is 70.8 Å². The van der Waals surface area contributed by atoms with Crippen molar-refractivity contribution in [2.24, 2.45) is 12.0 Å². The average molecular weight is 562 g/mol. The second kappa shape index (κ2) is 13.2. The van der Waals surface area contributed by atoms with E-state index in [2.05, 4.69) is 25.3 Å². The van der Waals surface area contributed by atoms with Gasteiger partial charge < -0.3 is 19.5 Å². The molecule has 2 aromatic rings. The van der Waals surface area contributed by atoms with E-state index in [-0.39, 0.29) is 24.0 Å². The van der Waals surface area contributed by atoms with Crippen molar-refractivity contribution in [2.45, 2.75) is 26.4 Å². The summed E-state index contributed by atoms with van der Waals surface area (Å²) < 4.78 is 7.39. The Hall–Kier alpha value is -1.43. The number of nitrogens with one attached hydrogen (secondary N) is 1. The van der Waals surface area contributed by atoms with Crippen LogP contribution in [0.1, 0.15) is 23.6 Å². The second-order valence-corrected chi connectivity index (χ2v) is 7.95. The van der Waals surface area contributed by atoms with Crippen LogP contribution >= 0.6 is 35.6 Å². The third-order valence-corrected chi connectivity index (χ3v) is 5.69. The van der Waals surface area contributed by atoms with Gasteiger partial charge in [0.05, 0.1) is 13.2 Å². The monoisotopic (exact) mass is 561 g/mol. The van der Waals surface area contributed by atoms with Crippen LogP contribution in [0.25, 0.3) is 0 Å². The molecule has 0 radical (unpaired) electrons. The van der Waals surface area contributed by atoms with Gasteiger partial charge in [0, 0.05) is 45.3 Å². The quantitative estimate of drug-likeness (QED) is 0.231. The molecule has 172 valence electrons. The number of rotatable bonds is 8. The fourth-order valence-corrected chi connectivity index (χ4v) is 3.53. The Morgan fingerprint density at radius 1 is 1.26 bits per heavy atom. The van der Waals surface area contributed by atoms with E-state index >= 15 is 0 Å². The standard InChI is InChI=1S/C21H32ClN7O.HI/c1-17-25-26-20(28(17)3)15-24-21(23-9-6-10-29-11-13-30-14-12-29)27(2)16-18-7-4-5-8-19(18)22;/h4-5,7-8H,6,9-16H2,1-3H3,(H,23,24);1H. The number of ether oxygens (including phenoxy) is 1. The number of guanidine groups is 1. The molecule has 1 saturated heterocycles. The van der Waals surface area contributed by atoms with Gasteiger partial charge in [-0.2, -0.15) is 0 Å². The van der Waals surface area contributed by atoms with Gasteiger partial charge in [-0.05, 0) is 31.5 Å². The van der Waals surface area contributed by atoms with Crippen molar-refractivity contribution in [2.75, 3.05) is 46.4 Å². The van der Waals surface area contributed by atoms with Crippen molar-refractivity contribution in [3.63, 3.8) is 0 Å². The number of hydrogen-bond acceptors (Lipinski definition) is 5. The Morgan fingerprint density at radius 2 is 2.00 bits per heavy atom. The predicted octanol–water partition coefficient (Wildman–Crippen LogP) is 2.69. The zero-order chi connectivity index (χ0) is 21.3. The van der Waals surface area contributed by atoms with Crippen molar-refractivity contribution in [1.29, 1.82) is 0 Å². The third-order valence-electron chi connectivity index (χ3n) is 5.32. The highest BCUT2D eigenvalue weighted by Gasteiger charge is 2.12. The molecule has 1 fully saturated rings. The van der Waals surface area contributed by atoms with E-state index in [1.807, 2.05) is 49.9 Å². The molecule has 1 aliphatic rings. The van der Waals surface area contributed by atoms with Gasteiger partial charge in [0.1, 0.15) is 12.4 Å². The lowest BCUT2D eigenvalue weighted by Gasteiger charge is -2.27. The van der Waals surface area contributed by atoms with Gasteiger partial charge in [-0.3, -0.25) is 4.90 Å². The number of aromatic nitrogens is 3. The van der Waals surface area contributed by atoms with E-state index in [1.54, 1.807) is 0 Å². The Bertz CT molecular complexity index is 839. The van der Waals surface area contributed by atoms with Gasteiger partial charge in [0.15, 0.2) is 11.8 Å². The molecule has 1 aliphatic heterocycles. The summed E-state index contributed by atoms with van der Waals surface area (Å²) in [7, 11) is 3.99. The highest BCUT2D eigenvalue weighted by atomic mass is 127. The molecule has 3 rings (SSSR count). The SMILES string of the molecule is Cc1nnc(CN=C(NCCCN2CCOCC2)N(C)Cc2ccccc2Cl)n1C.I. The molecule has 0 amide bonds. The van der Waals surface area contributed by atoms with Gasteiger partial charge in [0.2, 0.25) is 0 Å². The van der Waals surface area contributed by atoms with Crippen LogP contribution in [0.15, 0.2) is 29.3 Å². The Balaban J connectivity index is 0.00000341. The minimum Gasteiger partial charge on any atom is -0.379 e. The van der Waals surface area contributed by atoms with Crippen LogP contribution in [-0.4, -0.2) is 77.0 Å². The number of benzene rings is 1. The van der Waals surface area contributed by atoms with Crippen molar-refractivity contribution in [3.05, 3.63) is 46.5 Å². The molecule has 0 unspecified atom stereocenters. The first-order chi connectivity index (χ1) is 14.5. The molecule has 1 aromatic carbocycles. The van der Waals surface area contributed by atoms with Crippen LogP contribution in [0.2, 0.25) is 5.02 Å². The van der Waals surface area contributed by atoms with Crippen molar-refractivity contribution in [1.82, 2.24) is 29.9 Å². The summed E-state index contributed by atoms with van der Waals surface area (Å²) in [4.78, 5) is 9.35. The number of aryl methyl sites for hydroxylation is 1. The molecule has 0 spiro atoms. The Labute approximate surface area is 207 Å². The largest absolute Gasteiger partial charge is 0.379 e. The lowest BCUT2D eigenvalue weighted by molar-refractivity contribution is 0.0375. The molecule has 10 heteroatoms. The van der Waals surface area contributed by atoms with E-state index in [0.29, 0.717) is 13.1 Å². The van der Waals surface area contributed by atoms with Gasteiger partial charge >= 0.3 is 0 Å². The van der Waals surface area contributed by atoms with E-state index < -0.39 is 0 Å². The first-order valence-electron chi connectivity index (χ1n) is 10.4. The third kappa shape index (κ3) is 7.89. The van der Waals surface area contributed by atoms with Gasteiger partial charge in [0.25, 0.3) is 0 Å². The van der Waals surface area contributed by atoms with Crippen LogP contribution in [0.3, 0.4) is 0 Å². The molecule has 0 atom stereocenters. The van der Waals surface area contributed by atoms with Crippen LogP contribution in [0.4, 0.5) is 0 Å². The molecule has 1 aromatic heterocycles. The predicted molar refractivity (Wildman–Crippen MR) is 135 cm³/mol. The summed E-state index contributed by atoms with van der Waals surface area (Å²) >= 11 is 6.36. The molecule has 31 heavy (non-hydrogen) atoms. The van der Waals surface area contributed by atoms with Crippen molar-refractivity contribution < 1.29 is 4.74 Å². The minimum absolute atomic E-state index is 0. The molecular formula is C21H33ClIN7O. The Morgan fingerprint density at radius 3 is 2.68 bits per heavy atom. The first-order valence-corrected chi connectivity index (χ1v) is 10.8.